The number of benzene rings is 1. The number of anilines is 1. The molecule has 0 saturated carbocycles. The van der Waals surface area contributed by atoms with Gasteiger partial charge in [-0.1, -0.05) is 24.6 Å². The Morgan fingerprint density at radius 2 is 1.54 bits per heavy atom. The fourth-order valence-electron chi connectivity index (χ4n) is 7.13. The fourth-order valence-corrected chi connectivity index (χ4v) is 7.13. The second-order valence-corrected chi connectivity index (χ2v) is 12.8. The lowest BCUT2D eigenvalue weighted by Gasteiger charge is -2.41. The van der Waals surface area contributed by atoms with Crippen LogP contribution in [0.5, 0.6) is 0 Å². The highest BCUT2D eigenvalue weighted by Gasteiger charge is 2.36. The summed E-state index contributed by atoms with van der Waals surface area (Å²) < 4.78 is 4.98. The van der Waals surface area contributed by atoms with Crippen molar-refractivity contribution >= 4 is 35.5 Å². The number of ether oxygens (including phenoxy) is 1. The van der Waals surface area contributed by atoms with E-state index < -0.39 is 24.1 Å². The molecule has 5 rings (SSSR count). The summed E-state index contributed by atoms with van der Waals surface area (Å²) in [6.45, 7) is 8.13. The van der Waals surface area contributed by atoms with Crippen LogP contribution in [0.25, 0.3) is 0 Å². The maximum absolute atomic E-state index is 13.8. The second kappa shape index (κ2) is 15.6. The number of esters is 1. The minimum atomic E-state index is -1.07. The van der Waals surface area contributed by atoms with Gasteiger partial charge in [-0.05, 0) is 77.1 Å². The average molecular weight is 640 g/mol. The van der Waals surface area contributed by atoms with Crippen molar-refractivity contribution in [1.82, 2.24) is 30.2 Å². The number of likely N-dealkylation sites (tertiary alicyclic amines) is 3. The third kappa shape index (κ3) is 8.28. The number of para-hydroxylation sites is 1. The molecule has 3 fully saturated rings. The number of nitrogens with one attached hydrogen (secondary N) is 3. The molecule has 0 aliphatic carbocycles. The number of rotatable bonds is 9. The van der Waals surface area contributed by atoms with E-state index in [-0.39, 0.29) is 36.9 Å². The van der Waals surface area contributed by atoms with Gasteiger partial charge in [-0.25, -0.2) is 14.4 Å². The van der Waals surface area contributed by atoms with Gasteiger partial charge in [0.05, 0.1) is 13.0 Å². The topological polar surface area (TPSA) is 144 Å². The molecule has 252 valence electrons. The fraction of sp³-hybridized carbons (Fsp3) is 0.667. The van der Waals surface area contributed by atoms with Crippen molar-refractivity contribution in [3.63, 3.8) is 0 Å². The van der Waals surface area contributed by atoms with E-state index >= 15 is 0 Å². The highest BCUT2D eigenvalue weighted by Crippen LogP contribution is 2.28. The number of carbonyl (C=O) groups is 5. The minimum absolute atomic E-state index is 0.00991. The number of carbonyl (C=O) groups excluding carboxylic acids is 5. The molecule has 0 aromatic heterocycles. The molecule has 4 aliphatic rings. The van der Waals surface area contributed by atoms with E-state index in [0.717, 1.165) is 37.2 Å². The lowest BCUT2D eigenvalue weighted by molar-refractivity contribution is -0.144. The summed E-state index contributed by atoms with van der Waals surface area (Å²) in [5, 5.41) is 8.20. The van der Waals surface area contributed by atoms with Gasteiger partial charge in [0, 0.05) is 50.5 Å². The van der Waals surface area contributed by atoms with E-state index in [0.29, 0.717) is 51.6 Å². The minimum Gasteiger partial charge on any atom is -0.464 e. The highest BCUT2D eigenvalue weighted by atomic mass is 16.5. The number of nitrogens with zero attached hydrogens (tertiary/aromatic N) is 4. The van der Waals surface area contributed by atoms with Crippen LogP contribution in [0.3, 0.4) is 0 Å². The molecule has 2 atom stereocenters. The molecule has 46 heavy (non-hydrogen) atoms. The normalized spacial score (nSPS) is 21.1. The summed E-state index contributed by atoms with van der Waals surface area (Å²) in [5.41, 5.74) is 1.89. The zero-order chi connectivity index (χ0) is 32.6. The first-order chi connectivity index (χ1) is 22.2. The van der Waals surface area contributed by atoms with Crippen molar-refractivity contribution in [2.45, 2.75) is 95.9 Å². The number of hydrogen-bond acceptors (Lipinski definition) is 7. The zero-order valence-corrected chi connectivity index (χ0v) is 27.2. The van der Waals surface area contributed by atoms with E-state index in [4.69, 9.17) is 4.74 Å². The van der Waals surface area contributed by atoms with Crippen LogP contribution >= 0.6 is 0 Å². The number of piperidine rings is 3. The van der Waals surface area contributed by atoms with Crippen LogP contribution in [0.4, 0.5) is 15.3 Å². The Morgan fingerprint density at radius 3 is 2.24 bits per heavy atom. The summed E-state index contributed by atoms with van der Waals surface area (Å²) in [5.74, 6) is -1.10. The van der Waals surface area contributed by atoms with Crippen LogP contribution in [0.2, 0.25) is 0 Å². The maximum atomic E-state index is 13.8. The number of fused-ring (bicyclic) bond motifs is 1. The Hall–Kier alpha value is -3.87. The third-order valence-corrected chi connectivity index (χ3v) is 9.77. The Labute approximate surface area is 271 Å². The van der Waals surface area contributed by atoms with Crippen LogP contribution in [0, 0.1) is 0 Å². The first-order valence-electron chi connectivity index (χ1n) is 16.9. The molecular formula is C33H49N7O6. The molecule has 3 N–H and O–H groups in total. The van der Waals surface area contributed by atoms with Crippen molar-refractivity contribution in [3.8, 4) is 0 Å². The largest absolute Gasteiger partial charge is 0.464 e. The van der Waals surface area contributed by atoms with Gasteiger partial charge in [0.1, 0.15) is 12.1 Å². The number of amides is 6. The van der Waals surface area contributed by atoms with E-state index in [1.165, 1.54) is 26.2 Å². The first kappa shape index (κ1) is 33.5. The molecule has 1 aromatic carbocycles. The van der Waals surface area contributed by atoms with Gasteiger partial charge in [0.15, 0.2) is 0 Å². The van der Waals surface area contributed by atoms with Crippen LogP contribution in [-0.2, 0) is 25.7 Å². The average Bonchev–Trinajstić information content (AvgIpc) is 3.08. The van der Waals surface area contributed by atoms with Crippen molar-refractivity contribution < 1.29 is 28.7 Å². The Balaban J connectivity index is 1.18. The molecule has 0 radical (unpaired) electrons. The van der Waals surface area contributed by atoms with Gasteiger partial charge in [-0.2, -0.15) is 0 Å². The second-order valence-electron chi connectivity index (χ2n) is 12.8. The molecule has 13 nitrogen and oxygen atoms in total. The van der Waals surface area contributed by atoms with Gasteiger partial charge >= 0.3 is 18.0 Å². The van der Waals surface area contributed by atoms with Crippen molar-refractivity contribution in [1.29, 1.82) is 0 Å². The molecule has 0 bridgehead atoms. The highest BCUT2D eigenvalue weighted by molar-refractivity contribution is 5.93. The van der Waals surface area contributed by atoms with E-state index in [1.807, 2.05) is 29.2 Å². The van der Waals surface area contributed by atoms with Gasteiger partial charge in [-0.3, -0.25) is 9.59 Å². The first-order valence-corrected chi connectivity index (χ1v) is 16.9. The van der Waals surface area contributed by atoms with E-state index in [9.17, 15) is 24.0 Å². The van der Waals surface area contributed by atoms with E-state index in [2.05, 4.69) is 20.9 Å². The smallest absolute Gasteiger partial charge is 0.328 e. The quantitative estimate of drug-likeness (QED) is 0.353. The monoisotopic (exact) mass is 639 g/mol. The number of urea groups is 2. The van der Waals surface area contributed by atoms with Crippen LogP contribution in [-0.4, -0.2) is 119 Å². The van der Waals surface area contributed by atoms with Gasteiger partial charge in [-0.15, -0.1) is 0 Å². The molecule has 4 aliphatic heterocycles. The van der Waals surface area contributed by atoms with Crippen molar-refractivity contribution in [2.75, 3.05) is 51.2 Å². The molecule has 4 heterocycles. The maximum Gasteiger partial charge on any atom is 0.328 e. The lowest BCUT2D eigenvalue weighted by atomic mass is 9.98. The standard InChI is InChI=1S/C33H49N7O6/c1-3-46-31(43)23(2)34-32(44)35-28(30(42)39-19-11-25(12-20-39)37-15-7-4-8-16-37)21-29(41)38-17-13-26(14-18-38)40-22-24-9-5-6-10-27(24)36-33(40)45/h5-6,9-10,23,25-26,28H,3-4,7-8,11-22H2,1-2H3,(H,36,45)(H2,34,35,44)/t23?,28-/m1/s1. The summed E-state index contributed by atoms with van der Waals surface area (Å²) in [4.78, 5) is 73.1. The Morgan fingerprint density at radius 1 is 0.891 bits per heavy atom. The van der Waals surface area contributed by atoms with E-state index in [1.54, 1.807) is 16.7 Å². The molecule has 13 heteroatoms. The summed E-state index contributed by atoms with van der Waals surface area (Å²) in [6.07, 6.45) is 6.47. The van der Waals surface area contributed by atoms with Crippen molar-refractivity contribution in [2.24, 2.45) is 0 Å². The van der Waals surface area contributed by atoms with Gasteiger partial charge in [0.25, 0.3) is 0 Å². The molecule has 1 unspecified atom stereocenters. The Kier molecular flexibility index (Phi) is 11.4. The van der Waals surface area contributed by atoms with Crippen LogP contribution in [0.1, 0.15) is 70.8 Å². The molecule has 3 saturated heterocycles. The Bertz CT molecular complexity index is 1250. The summed E-state index contributed by atoms with van der Waals surface area (Å²) in [6, 6.07) is 5.36. The molecule has 1 aromatic rings. The lowest BCUT2D eigenvalue weighted by Crippen LogP contribution is -2.57. The third-order valence-electron chi connectivity index (χ3n) is 9.77. The molecule has 6 amide bonds. The van der Waals surface area contributed by atoms with Gasteiger partial charge < -0.3 is 40.3 Å². The summed E-state index contributed by atoms with van der Waals surface area (Å²) >= 11 is 0. The van der Waals surface area contributed by atoms with Gasteiger partial charge in [0.2, 0.25) is 11.8 Å². The molecular weight excluding hydrogens is 590 g/mol. The van der Waals surface area contributed by atoms with Crippen molar-refractivity contribution in [3.05, 3.63) is 29.8 Å². The predicted molar refractivity (Wildman–Crippen MR) is 172 cm³/mol. The number of hydrogen-bond donors (Lipinski definition) is 3. The molecule has 0 spiro atoms. The SMILES string of the molecule is CCOC(=O)C(C)NC(=O)N[C@H](CC(=O)N1CCC(N2Cc3ccccc3NC2=O)CC1)C(=O)N1CCC(N2CCCCC2)CC1. The van der Waals surface area contributed by atoms with Crippen LogP contribution in [0.15, 0.2) is 24.3 Å². The summed E-state index contributed by atoms with van der Waals surface area (Å²) in [7, 11) is 0. The predicted octanol–water partition coefficient (Wildman–Crippen LogP) is 2.51. The van der Waals surface area contributed by atoms with Crippen LogP contribution < -0.4 is 16.0 Å². The zero-order valence-electron chi connectivity index (χ0n) is 27.2.